The van der Waals surface area contributed by atoms with Gasteiger partial charge in [-0.05, 0) is 42.5 Å². The van der Waals surface area contributed by atoms with Gasteiger partial charge in [0.25, 0.3) is 0 Å². The van der Waals surface area contributed by atoms with Crippen LogP contribution in [0.3, 0.4) is 0 Å². The lowest BCUT2D eigenvalue weighted by Crippen LogP contribution is -2.42. The van der Waals surface area contributed by atoms with E-state index in [1.54, 1.807) is 0 Å². The van der Waals surface area contributed by atoms with Gasteiger partial charge in [-0.1, -0.05) is 13.8 Å². The molecule has 1 fully saturated rings. The van der Waals surface area contributed by atoms with E-state index in [0.29, 0.717) is 13.1 Å². The van der Waals surface area contributed by atoms with Gasteiger partial charge in [-0.25, -0.2) is 8.42 Å². The minimum atomic E-state index is -4.82. The highest BCUT2D eigenvalue weighted by Gasteiger charge is 2.31. The summed E-state index contributed by atoms with van der Waals surface area (Å²) in [5.41, 5.74) is 0. The molecule has 0 spiro atoms. The second-order valence-corrected chi connectivity index (χ2v) is 8.96. The molecule has 1 aromatic rings. The Labute approximate surface area is 125 Å². The highest BCUT2D eigenvalue weighted by Crippen LogP contribution is 2.27. The highest BCUT2D eigenvalue weighted by atomic mass is 32.3. The third-order valence-electron chi connectivity index (χ3n) is 3.58. The van der Waals surface area contributed by atoms with Crippen LogP contribution in [0.1, 0.15) is 20.3 Å². The van der Waals surface area contributed by atoms with Crippen molar-refractivity contribution in [3.8, 4) is 0 Å². The molecule has 1 heterocycles. The first-order valence-corrected chi connectivity index (χ1v) is 9.48. The van der Waals surface area contributed by atoms with Gasteiger partial charge in [0.05, 0.1) is 9.79 Å². The minimum absolute atomic E-state index is 0.0174. The smallest absolute Gasteiger partial charge is 0.207 e. The van der Waals surface area contributed by atoms with Crippen LogP contribution in [0.5, 0.6) is 0 Å². The van der Waals surface area contributed by atoms with Crippen LogP contribution in [0.25, 0.3) is 0 Å². The van der Waals surface area contributed by atoms with Gasteiger partial charge in [-0.15, -0.1) is 3.89 Å². The molecule has 118 valence electrons. The molecule has 21 heavy (non-hydrogen) atoms. The van der Waals surface area contributed by atoms with Gasteiger partial charge in [0, 0.05) is 13.1 Å². The number of rotatable bonds is 3. The maximum Gasteiger partial charge on any atom is 0.332 e. The summed E-state index contributed by atoms with van der Waals surface area (Å²) < 4.78 is 60.8. The highest BCUT2D eigenvalue weighted by molar-refractivity contribution is 7.89. The molecule has 0 aromatic heterocycles. The van der Waals surface area contributed by atoms with Crippen molar-refractivity contribution in [1.82, 2.24) is 4.31 Å². The van der Waals surface area contributed by atoms with Crippen LogP contribution < -0.4 is 0 Å². The summed E-state index contributed by atoms with van der Waals surface area (Å²) in [5.74, 6) is 0.544. The van der Waals surface area contributed by atoms with E-state index in [4.69, 9.17) is 0 Å². The van der Waals surface area contributed by atoms with Crippen molar-refractivity contribution >= 4 is 20.2 Å². The number of benzene rings is 1. The molecule has 5 nitrogen and oxygen atoms in total. The molecule has 0 aliphatic carbocycles. The predicted molar refractivity (Wildman–Crippen MR) is 76.4 cm³/mol. The van der Waals surface area contributed by atoms with Crippen LogP contribution >= 0.6 is 0 Å². The Hall–Kier alpha value is -0.990. The van der Waals surface area contributed by atoms with Crippen molar-refractivity contribution in [3.05, 3.63) is 24.3 Å². The number of nitrogens with zero attached hydrogens (tertiary/aromatic N) is 1. The van der Waals surface area contributed by atoms with E-state index in [-0.39, 0.29) is 16.7 Å². The summed E-state index contributed by atoms with van der Waals surface area (Å²) in [6.45, 7) is 4.87. The molecule has 2 rings (SSSR count). The second-order valence-electron chi connectivity index (χ2n) is 5.68. The molecule has 2 unspecified atom stereocenters. The zero-order valence-corrected chi connectivity index (χ0v) is 13.5. The first-order chi connectivity index (χ1) is 9.60. The van der Waals surface area contributed by atoms with E-state index in [9.17, 15) is 20.7 Å². The van der Waals surface area contributed by atoms with Gasteiger partial charge < -0.3 is 0 Å². The van der Waals surface area contributed by atoms with E-state index in [1.807, 2.05) is 13.8 Å². The Bertz CT molecular complexity index is 703. The molecule has 0 bridgehead atoms. The number of hydrogen-bond donors (Lipinski definition) is 0. The van der Waals surface area contributed by atoms with Crippen LogP contribution in [0, 0.1) is 11.8 Å². The average Bonchev–Trinajstić information content (AvgIpc) is 2.36. The van der Waals surface area contributed by atoms with Crippen LogP contribution in [0.4, 0.5) is 3.89 Å². The van der Waals surface area contributed by atoms with Crippen molar-refractivity contribution < 1.29 is 20.7 Å². The second kappa shape index (κ2) is 5.66. The van der Waals surface area contributed by atoms with Gasteiger partial charge in [0.15, 0.2) is 0 Å². The maximum atomic E-state index is 12.8. The molecule has 0 N–H and O–H groups in total. The third-order valence-corrected chi connectivity index (χ3v) is 6.26. The largest absolute Gasteiger partial charge is 0.332 e. The monoisotopic (exact) mass is 335 g/mol. The molecule has 1 aromatic carbocycles. The van der Waals surface area contributed by atoms with E-state index in [0.717, 1.165) is 30.7 Å². The lowest BCUT2D eigenvalue weighted by atomic mass is 9.94. The fourth-order valence-corrected chi connectivity index (χ4v) is 4.87. The standard InChI is InChI=1S/C13H18FNO4S2/c1-10-7-11(2)9-15(8-10)21(18,19)13-5-3-12(4-6-13)20(14,16)17/h3-6,10-11H,7-9H2,1-2H3. The molecule has 0 amide bonds. The Morgan fingerprint density at radius 2 is 1.38 bits per heavy atom. The van der Waals surface area contributed by atoms with Crippen molar-refractivity contribution in [3.63, 3.8) is 0 Å². The molecule has 2 atom stereocenters. The Kier molecular flexibility index (Phi) is 4.41. The normalized spacial score (nSPS) is 24.9. The molecule has 1 saturated heterocycles. The number of piperidine rings is 1. The molecule has 0 radical (unpaired) electrons. The summed E-state index contributed by atoms with van der Waals surface area (Å²) in [6.07, 6.45) is 0.977. The lowest BCUT2D eigenvalue weighted by molar-refractivity contribution is 0.222. The number of sulfonamides is 1. The molecule has 1 aliphatic heterocycles. The van der Waals surface area contributed by atoms with Gasteiger partial charge in [0.1, 0.15) is 0 Å². The topological polar surface area (TPSA) is 71.5 Å². The van der Waals surface area contributed by atoms with Gasteiger partial charge >= 0.3 is 10.2 Å². The van der Waals surface area contributed by atoms with E-state index in [1.165, 1.54) is 4.31 Å². The fraction of sp³-hybridized carbons (Fsp3) is 0.538. The van der Waals surface area contributed by atoms with E-state index < -0.39 is 25.1 Å². The Balaban J connectivity index is 2.31. The van der Waals surface area contributed by atoms with Crippen LogP contribution in [-0.4, -0.2) is 34.2 Å². The molecular formula is C13H18FNO4S2. The predicted octanol–water partition coefficient (Wildman–Crippen LogP) is 2.01. The fourth-order valence-electron chi connectivity index (χ4n) is 2.73. The SMILES string of the molecule is CC1CC(C)CN(S(=O)(=O)c2ccc(S(=O)(=O)F)cc2)C1. The average molecular weight is 335 g/mol. The maximum absolute atomic E-state index is 12.8. The minimum Gasteiger partial charge on any atom is -0.207 e. The van der Waals surface area contributed by atoms with Crippen LogP contribution in [-0.2, 0) is 20.2 Å². The summed E-state index contributed by atoms with van der Waals surface area (Å²) >= 11 is 0. The molecule has 8 heteroatoms. The molecule has 1 aliphatic rings. The van der Waals surface area contributed by atoms with E-state index in [2.05, 4.69) is 0 Å². The summed E-state index contributed by atoms with van der Waals surface area (Å²) in [4.78, 5) is -0.557. The van der Waals surface area contributed by atoms with Gasteiger partial charge in [-0.3, -0.25) is 0 Å². The zero-order valence-electron chi connectivity index (χ0n) is 11.9. The lowest BCUT2D eigenvalue weighted by Gasteiger charge is -2.34. The van der Waals surface area contributed by atoms with Crippen molar-refractivity contribution in [2.24, 2.45) is 11.8 Å². The first-order valence-electron chi connectivity index (χ1n) is 6.65. The van der Waals surface area contributed by atoms with Crippen LogP contribution in [0.15, 0.2) is 34.1 Å². The Morgan fingerprint density at radius 3 is 1.81 bits per heavy atom. The van der Waals surface area contributed by atoms with Crippen molar-refractivity contribution in [2.45, 2.75) is 30.1 Å². The summed E-state index contributed by atoms with van der Waals surface area (Å²) in [6, 6.07) is 4.20. The van der Waals surface area contributed by atoms with Gasteiger partial charge in [0.2, 0.25) is 10.0 Å². The van der Waals surface area contributed by atoms with E-state index >= 15 is 0 Å². The third kappa shape index (κ3) is 3.61. The Morgan fingerprint density at radius 1 is 0.952 bits per heavy atom. The summed E-state index contributed by atoms with van der Waals surface area (Å²) in [7, 11) is -8.49. The number of hydrogen-bond acceptors (Lipinski definition) is 4. The molecular weight excluding hydrogens is 317 g/mol. The van der Waals surface area contributed by atoms with Gasteiger partial charge in [-0.2, -0.15) is 12.7 Å². The first kappa shape index (κ1) is 16.4. The summed E-state index contributed by atoms with van der Waals surface area (Å²) in [5, 5.41) is 0. The number of halogens is 1. The molecule has 0 saturated carbocycles. The quantitative estimate of drug-likeness (QED) is 0.792. The van der Waals surface area contributed by atoms with Crippen molar-refractivity contribution in [1.29, 1.82) is 0 Å². The zero-order chi connectivity index (χ0) is 15.8. The van der Waals surface area contributed by atoms with Crippen molar-refractivity contribution in [2.75, 3.05) is 13.1 Å². The van der Waals surface area contributed by atoms with Crippen LogP contribution in [0.2, 0.25) is 0 Å².